The van der Waals surface area contributed by atoms with E-state index < -0.39 is 0 Å². The quantitative estimate of drug-likeness (QED) is 0.764. The van der Waals surface area contributed by atoms with Crippen molar-refractivity contribution in [1.82, 2.24) is 10.2 Å². The maximum absolute atomic E-state index is 13.0. The highest BCUT2D eigenvalue weighted by molar-refractivity contribution is 5.98. The van der Waals surface area contributed by atoms with E-state index in [2.05, 4.69) is 15.5 Å². The zero-order valence-corrected chi connectivity index (χ0v) is 18.0. The second-order valence-electron chi connectivity index (χ2n) is 8.83. The van der Waals surface area contributed by atoms with Crippen molar-refractivity contribution in [2.45, 2.75) is 57.0 Å². The van der Waals surface area contributed by atoms with E-state index in [-0.39, 0.29) is 11.9 Å². The summed E-state index contributed by atoms with van der Waals surface area (Å²) < 4.78 is 10.8. The number of likely N-dealkylation sites (tertiary alicyclic amines) is 1. The number of methoxy groups -OCH3 is 2. The van der Waals surface area contributed by atoms with Crippen LogP contribution in [0, 0.1) is 11.8 Å². The molecule has 1 aromatic carbocycles. The fraction of sp³-hybridized carbons (Fsp3) is 0.696. The van der Waals surface area contributed by atoms with Gasteiger partial charge in [0, 0.05) is 38.3 Å². The number of hydrogen-bond acceptors (Lipinski definition) is 5. The highest BCUT2D eigenvalue weighted by Gasteiger charge is 2.42. The Morgan fingerprint density at radius 1 is 1.00 bits per heavy atom. The summed E-state index contributed by atoms with van der Waals surface area (Å²) in [5.41, 5.74) is 1.33. The highest BCUT2D eigenvalue weighted by Crippen LogP contribution is 2.43. The van der Waals surface area contributed by atoms with Crippen molar-refractivity contribution in [2.24, 2.45) is 11.8 Å². The van der Waals surface area contributed by atoms with Crippen LogP contribution in [-0.4, -0.2) is 57.2 Å². The molecular weight excluding hydrogens is 366 g/mol. The predicted octanol–water partition coefficient (Wildman–Crippen LogP) is 3.52. The number of hydrogen-bond donors (Lipinski definition) is 2. The number of nitrogens with zero attached hydrogens (tertiary/aromatic N) is 1. The van der Waals surface area contributed by atoms with Gasteiger partial charge in [-0.05, 0) is 50.0 Å². The number of rotatable bonds is 6. The molecule has 1 unspecified atom stereocenters. The van der Waals surface area contributed by atoms with E-state index in [0.717, 1.165) is 43.1 Å². The molecule has 1 atom stereocenters. The molecule has 6 nitrogen and oxygen atoms in total. The Kier molecular flexibility index (Phi) is 6.18. The molecule has 0 radical (unpaired) electrons. The lowest BCUT2D eigenvalue weighted by atomic mass is 9.68. The van der Waals surface area contributed by atoms with E-state index in [1.807, 2.05) is 13.1 Å². The maximum Gasteiger partial charge on any atom is 0.255 e. The summed E-state index contributed by atoms with van der Waals surface area (Å²) in [4.78, 5) is 15.7. The van der Waals surface area contributed by atoms with Crippen LogP contribution in [0.25, 0.3) is 0 Å². The lowest BCUT2D eigenvalue weighted by molar-refractivity contribution is 0.0346. The van der Waals surface area contributed by atoms with Crippen LogP contribution in [0.5, 0.6) is 11.5 Å². The molecule has 0 spiro atoms. The smallest absolute Gasteiger partial charge is 0.255 e. The maximum atomic E-state index is 13.0. The first-order valence-electron chi connectivity index (χ1n) is 11.1. The Morgan fingerprint density at radius 3 is 2.24 bits per heavy atom. The van der Waals surface area contributed by atoms with Crippen LogP contribution in [0.3, 0.4) is 0 Å². The first-order valence-corrected chi connectivity index (χ1v) is 11.1. The molecule has 1 aliphatic heterocycles. The SMILES string of the molecule is CNc1cc(C(=O)NC2CCN(C3C4CCCC3CCC4)C2)c(OC)cc1OC. The molecule has 2 aliphatic carbocycles. The van der Waals surface area contributed by atoms with Crippen LogP contribution >= 0.6 is 0 Å². The van der Waals surface area contributed by atoms with Crippen LogP contribution in [0.2, 0.25) is 0 Å². The number of carbonyl (C=O) groups excluding carboxylic acids is 1. The summed E-state index contributed by atoms with van der Waals surface area (Å²) in [5, 5.41) is 6.35. The molecule has 6 heteroatoms. The third kappa shape index (κ3) is 4.04. The molecule has 29 heavy (non-hydrogen) atoms. The number of carbonyl (C=O) groups is 1. The van der Waals surface area contributed by atoms with E-state index in [4.69, 9.17) is 9.47 Å². The number of fused-ring (bicyclic) bond motifs is 2. The first kappa shape index (κ1) is 20.3. The molecule has 2 N–H and O–H groups in total. The van der Waals surface area contributed by atoms with Crippen LogP contribution in [-0.2, 0) is 0 Å². The van der Waals surface area contributed by atoms with E-state index in [1.165, 1.54) is 38.5 Å². The van der Waals surface area contributed by atoms with Gasteiger partial charge in [-0.15, -0.1) is 0 Å². The summed E-state index contributed by atoms with van der Waals surface area (Å²) in [6.07, 6.45) is 9.42. The Labute approximate surface area is 174 Å². The minimum absolute atomic E-state index is 0.0725. The van der Waals surface area contributed by atoms with Gasteiger partial charge in [0.2, 0.25) is 0 Å². The monoisotopic (exact) mass is 401 g/mol. The molecule has 2 bridgehead atoms. The average Bonchev–Trinajstić information content (AvgIpc) is 3.20. The van der Waals surface area contributed by atoms with Crippen molar-refractivity contribution in [3.8, 4) is 11.5 Å². The highest BCUT2D eigenvalue weighted by atomic mass is 16.5. The second-order valence-corrected chi connectivity index (χ2v) is 8.83. The van der Waals surface area contributed by atoms with Crippen molar-refractivity contribution < 1.29 is 14.3 Å². The van der Waals surface area contributed by atoms with Crippen LogP contribution in [0.1, 0.15) is 55.3 Å². The first-order chi connectivity index (χ1) is 14.1. The van der Waals surface area contributed by atoms with E-state index in [9.17, 15) is 4.79 Å². The van der Waals surface area contributed by atoms with Crippen molar-refractivity contribution in [1.29, 1.82) is 0 Å². The van der Waals surface area contributed by atoms with Crippen molar-refractivity contribution in [3.63, 3.8) is 0 Å². The normalized spacial score (nSPS) is 29.3. The van der Waals surface area contributed by atoms with E-state index >= 15 is 0 Å². The topological polar surface area (TPSA) is 62.8 Å². The van der Waals surface area contributed by atoms with Crippen LogP contribution < -0.4 is 20.1 Å². The Bertz CT molecular complexity index is 716. The Hall–Kier alpha value is -1.95. The van der Waals surface area contributed by atoms with Gasteiger partial charge in [-0.3, -0.25) is 9.69 Å². The van der Waals surface area contributed by atoms with Gasteiger partial charge < -0.3 is 20.1 Å². The Balaban J connectivity index is 1.43. The molecule has 3 fully saturated rings. The fourth-order valence-electron chi connectivity index (χ4n) is 5.95. The van der Waals surface area contributed by atoms with Gasteiger partial charge in [-0.2, -0.15) is 0 Å². The van der Waals surface area contributed by atoms with Gasteiger partial charge >= 0.3 is 0 Å². The van der Waals surface area contributed by atoms with Gasteiger partial charge in [0.15, 0.2) is 0 Å². The molecule has 2 saturated carbocycles. The van der Waals surface area contributed by atoms with Gasteiger partial charge in [0.1, 0.15) is 11.5 Å². The molecule has 1 amide bonds. The molecule has 0 aromatic heterocycles. The summed E-state index contributed by atoms with van der Waals surface area (Å²) in [7, 11) is 5.02. The number of anilines is 1. The third-order valence-corrected chi connectivity index (χ3v) is 7.28. The van der Waals surface area contributed by atoms with Gasteiger partial charge in [0.25, 0.3) is 5.91 Å². The van der Waals surface area contributed by atoms with Crippen LogP contribution in [0.15, 0.2) is 12.1 Å². The lowest BCUT2D eigenvalue weighted by Crippen LogP contribution is -2.50. The number of ether oxygens (including phenoxy) is 2. The zero-order valence-electron chi connectivity index (χ0n) is 18.0. The minimum Gasteiger partial charge on any atom is -0.496 e. The fourth-order valence-corrected chi connectivity index (χ4v) is 5.95. The minimum atomic E-state index is -0.0725. The largest absolute Gasteiger partial charge is 0.496 e. The number of amides is 1. The molecule has 3 aliphatic rings. The lowest BCUT2D eigenvalue weighted by Gasteiger charge is -2.47. The molecule has 1 heterocycles. The summed E-state index contributed by atoms with van der Waals surface area (Å²) in [5.74, 6) is 2.87. The predicted molar refractivity (Wildman–Crippen MR) is 115 cm³/mol. The summed E-state index contributed by atoms with van der Waals surface area (Å²) >= 11 is 0. The zero-order chi connectivity index (χ0) is 20.4. The van der Waals surface area contributed by atoms with Gasteiger partial charge in [0.05, 0.1) is 25.5 Å². The molecular formula is C23H35N3O3. The van der Waals surface area contributed by atoms with Crippen molar-refractivity contribution >= 4 is 11.6 Å². The van der Waals surface area contributed by atoms with Crippen molar-refractivity contribution in [2.75, 3.05) is 39.7 Å². The van der Waals surface area contributed by atoms with Gasteiger partial charge in [-0.1, -0.05) is 12.8 Å². The van der Waals surface area contributed by atoms with Gasteiger partial charge in [-0.25, -0.2) is 0 Å². The standard InChI is InChI=1S/C23H35N3O3/c1-24-19-12-18(20(28-2)13-21(19)29-3)23(27)25-17-10-11-26(14-17)22-15-6-4-7-16(22)9-5-8-15/h12-13,15-17,22,24H,4-11,14H2,1-3H3,(H,25,27). The molecule has 1 aromatic rings. The number of nitrogens with one attached hydrogen (secondary N) is 2. The third-order valence-electron chi connectivity index (χ3n) is 7.28. The Morgan fingerprint density at radius 2 is 1.66 bits per heavy atom. The van der Waals surface area contributed by atoms with Crippen LogP contribution in [0.4, 0.5) is 5.69 Å². The van der Waals surface area contributed by atoms with E-state index in [0.29, 0.717) is 17.1 Å². The van der Waals surface area contributed by atoms with Crippen molar-refractivity contribution in [3.05, 3.63) is 17.7 Å². The summed E-state index contributed by atoms with van der Waals surface area (Å²) in [6, 6.07) is 4.52. The molecule has 160 valence electrons. The average molecular weight is 402 g/mol. The van der Waals surface area contributed by atoms with E-state index in [1.54, 1.807) is 20.3 Å². The molecule has 4 rings (SSSR count). The molecule has 1 saturated heterocycles. The summed E-state index contributed by atoms with van der Waals surface area (Å²) in [6.45, 7) is 2.07. The number of benzene rings is 1. The second kappa shape index (κ2) is 8.82.